The van der Waals surface area contributed by atoms with E-state index in [1.54, 1.807) is 6.08 Å². The Hall–Kier alpha value is -1.57. The van der Waals surface area contributed by atoms with Crippen LogP contribution in [0.4, 0.5) is 0 Å². The minimum Gasteiger partial charge on any atom is -0.346 e. The highest BCUT2D eigenvalue weighted by atomic mass is 16.1. The van der Waals surface area contributed by atoms with Gasteiger partial charge in [0.15, 0.2) is 0 Å². The molecule has 2 rings (SSSR count). The molecule has 1 aliphatic rings. The van der Waals surface area contributed by atoms with Gasteiger partial charge in [0.05, 0.1) is 6.04 Å². The number of hydrogen-bond acceptors (Lipinski definition) is 1. The molecule has 90 valence electrons. The van der Waals surface area contributed by atoms with Gasteiger partial charge in [-0.1, -0.05) is 29.8 Å². The van der Waals surface area contributed by atoms with Crippen molar-refractivity contribution in [2.24, 2.45) is 0 Å². The number of nitrogens with one attached hydrogen (secondary N) is 1. The third-order valence-corrected chi connectivity index (χ3v) is 3.11. The first-order valence-corrected chi connectivity index (χ1v) is 6.20. The van der Waals surface area contributed by atoms with Crippen LogP contribution in [-0.2, 0) is 11.2 Å². The Balaban J connectivity index is 2.14. The van der Waals surface area contributed by atoms with Gasteiger partial charge in [-0.05, 0) is 44.2 Å². The molecule has 0 heterocycles. The largest absolute Gasteiger partial charge is 0.346 e. The third kappa shape index (κ3) is 2.96. The number of amides is 1. The highest BCUT2D eigenvalue weighted by Crippen LogP contribution is 2.29. The molecular weight excluding hydrogens is 210 g/mol. The van der Waals surface area contributed by atoms with E-state index in [9.17, 15) is 4.79 Å². The Morgan fingerprint density at radius 1 is 1.35 bits per heavy atom. The maximum absolute atomic E-state index is 11.7. The summed E-state index contributed by atoms with van der Waals surface area (Å²) in [5, 5.41) is 3.09. The number of carbonyl (C=O) groups excluding carboxylic acids is 1. The van der Waals surface area contributed by atoms with E-state index in [1.807, 2.05) is 19.9 Å². The van der Waals surface area contributed by atoms with Crippen molar-refractivity contribution in [1.82, 2.24) is 5.32 Å². The lowest BCUT2D eigenvalue weighted by molar-refractivity contribution is -0.117. The van der Waals surface area contributed by atoms with E-state index in [4.69, 9.17) is 0 Å². The normalized spacial score (nSPS) is 18.1. The van der Waals surface area contributed by atoms with Crippen molar-refractivity contribution in [3.63, 3.8) is 0 Å². The Bertz CT molecular complexity index is 444. The molecule has 2 nitrogen and oxygen atoms in total. The molecular formula is C15H19NO. The molecule has 0 aliphatic heterocycles. The monoisotopic (exact) mass is 229 g/mol. The molecule has 0 saturated heterocycles. The second-order valence-corrected chi connectivity index (χ2v) is 4.87. The van der Waals surface area contributed by atoms with Crippen LogP contribution in [0.15, 0.2) is 35.9 Å². The van der Waals surface area contributed by atoms with Crippen molar-refractivity contribution >= 4 is 5.91 Å². The first-order chi connectivity index (χ1) is 8.16. The molecule has 1 aromatic rings. The van der Waals surface area contributed by atoms with Gasteiger partial charge in [0.2, 0.25) is 5.91 Å². The number of hydrogen-bond donors (Lipinski definition) is 1. The number of aryl methyl sites for hydroxylation is 1. The molecule has 1 aromatic carbocycles. The molecule has 0 spiro atoms. The molecule has 0 bridgehead atoms. The summed E-state index contributed by atoms with van der Waals surface area (Å²) in [6.07, 6.45) is 4.98. The van der Waals surface area contributed by atoms with E-state index >= 15 is 0 Å². The van der Waals surface area contributed by atoms with Crippen LogP contribution in [0.5, 0.6) is 0 Å². The van der Waals surface area contributed by atoms with Gasteiger partial charge in [0, 0.05) is 6.08 Å². The SMILES string of the molecule is CC(C)=CC(=O)NC1CCCc2ccccc21. The summed E-state index contributed by atoms with van der Waals surface area (Å²) in [5.74, 6) is 0.0201. The Morgan fingerprint density at radius 2 is 2.12 bits per heavy atom. The molecule has 1 N–H and O–H groups in total. The summed E-state index contributed by atoms with van der Waals surface area (Å²) in [6, 6.07) is 8.59. The summed E-state index contributed by atoms with van der Waals surface area (Å²) in [7, 11) is 0. The Morgan fingerprint density at radius 3 is 2.88 bits per heavy atom. The van der Waals surface area contributed by atoms with Crippen LogP contribution in [0.2, 0.25) is 0 Å². The van der Waals surface area contributed by atoms with Gasteiger partial charge < -0.3 is 5.32 Å². The second kappa shape index (κ2) is 5.17. The average molecular weight is 229 g/mol. The predicted octanol–water partition coefficient (Wildman–Crippen LogP) is 3.15. The molecule has 0 fully saturated rings. The fourth-order valence-electron chi connectivity index (χ4n) is 2.38. The third-order valence-electron chi connectivity index (χ3n) is 3.11. The topological polar surface area (TPSA) is 29.1 Å². The van der Waals surface area contributed by atoms with Crippen LogP contribution in [-0.4, -0.2) is 5.91 Å². The maximum Gasteiger partial charge on any atom is 0.244 e. The number of benzene rings is 1. The summed E-state index contributed by atoms with van der Waals surface area (Å²) in [4.78, 5) is 11.7. The molecule has 1 amide bonds. The van der Waals surface area contributed by atoms with Crippen molar-refractivity contribution < 1.29 is 4.79 Å². The molecule has 2 heteroatoms. The van der Waals surface area contributed by atoms with E-state index in [-0.39, 0.29) is 11.9 Å². The molecule has 1 unspecified atom stereocenters. The van der Waals surface area contributed by atoms with Crippen molar-refractivity contribution in [1.29, 1.82) is 0 Å². The predicted molar refractivity (Wildman–Crippen MR) is 69.7 cm³/mol. The van der Waals surface area contributed by atoms with E-state index in [0.29, 0.717) is 0 Å². The van der Waals surface area contributed by atoms with Crippen molar-refractivity contribution in [3.8, 4) is 0 Å². The van der Waals surface area contributed by atoms with Crippen LogP contribution >= 0.6 is 0 Å². The van der Waals surface area contributed by atoms with Crippen molar-refractivity contribution in [2.75, 3.05) is 0 Å². The molecule has 0 radical (unpaired) electrons. The molecule has 0 saturated carbocycles. The van der Waals surface area contributed by atoms with Crippen LogP contribution in [0.25, 0.3) is 0 Å². The van der Waals surface area contributed by atoms with Gasteiger partial charge in [-0.2, -0.15) is 0 Å². The van der Waals surface area contributed by atoms with E-state index in [1.165, 1.54) is 11.1 Å². The lowest BCUT2D eigenvalue weighted by Crippen LogP contribution is -2.29. The fourth-order valence-corrected chi connectivity index (χ4v) is 2.38. The first kappa shape index (κ1) is 11.9. The maximum atomic E-state index is 11.7. The van der Waals surface area contributed by atoms with Crippen LogP contribution < -0.4 is 5.32 Å². The quantitative estimate of drug-likeness (QED) is 0.775. The van der Waals surface area contributed by atoms with Gasteiger partial charge >= 0.3 is 0 Å². The van der Waals surface area contributed by atoms with Crippen molar-refractivity contribution in [2.45, 2.75) is 39.2 Å². The average Bonchev–Trinajstić information content (AvgIpc) is 2.28. The van der Waals surface area contributed by atoms with Gasteiger partial charge in [-0.25, -0.2) is 0 Å². The molecule has 0 aromatic heterocycles. The van der Waals surface area contributed by atoms with Crippen LogP contribution in [0, 0.1) is 0 Å². The fraction of sp³-hybridized carbons (Fsp3) is 0.400. The van der Waals surface area contributed by atoms with Gasteiger partial charge in [-0.15, -0.1) is 0 Å². The zero-order valence-electron chi connectivity index (χ0n) is 10.5. The first-order valence-electron chi connectivity index (χ1n) is 6.20. The summed E-state index contributed by atoms with van der Waals surface area (Å²) in [6.45, 7) is 3.88. The second-order valence-electron chi connectivity index (χ2n) is 4.87. The van der Waals surface area contributed by atoms with E-state index in [0.717, 1.165) is 24.8 Å². The molecule has 17 heavy (non-hydrogen) atoms. The Labute approximate surface area is 103 Å². The number of allylic oxidation sites excluding steroid dienone is 1. The van der Waals surface area contributed by atoms with E-state index in [2.05, 4.69) is 23.5 Å². The van der Waals surface area contributed by atoms with Crippen molar-refractivity contribution in [3.05, 3.63) is 47.0 Å². The van der Waals surface area contributed by atoms with E-state index < -0.39 is 0 Å². The zero-order chi connectivity index (χ0) is 12.3. The number of carbonyl (C=O) groups is 1. The zero-order valence-corrected chi connectivity index (χ0v) is 10.5. The van der Waals surface area contributed by atoms with Crippen LogP contribution in [0.1, 0.15) is 43.9 Å². The Kier molecular flexibility index (Phi) is 3.62. The summed E-state index contributed by atoms with van der Waals surface area (Å²) >= 11 is 0. The lowest BCUT2D eigenvalue weighted by atomic mass is 9.88. The summed E-state index contributed by atoms with van der Waals surface area (Å²) in [5.41, 5.74) is 3.70. The van der Waals surface area contributed by atoms with Gasteiger partial charge in [0.25, 0.3) is 0 Å². The number of rotatable bonds is 2. The number of fused-ring (bicyclic) bond motifs is 1. The molecule has 1 atom stereocenters. The highest BCUT2D eigenvalue weighted by molar-refractivity contribution is 5.88. The van der Waals surface area contributed by atoms with Gasteiger partial charge in [-0.3, -0.25) is 4.79 Å². The van der Waals surface area contributed by atoms with Gasteiger partial charge in [0.1, 0.15) is 0 Å². The highest BCUT2D eigenvalue weighted by Gasteiger charge is 2.20. The van der Waals surface area contributed by atoms with Crippen LogP contribution in [0.3, 0.4) is 0 Å². The lowest BCUT2D eigenvalue weighted by Gasteiger charge is -2.25. The summed E-state index contributed by atoms with van der Waals surface area (Å²) < 4.78 is 0. The molecule has 1 aliphatic carbocycles. The minimum absolute atomic E-state index is 0.0201. The minimum atomic E-state index is 0.0201. The standard InChI is InChI=1S/C15H19NO/c1-11(2)10-15(17)16-14-9-5-7-12-6-3-4-8-13(12)14/h3-4,6,8,10,14H,5,7,9H2,1-2H3,(H,16,17). The smallest absolute Gasteiger partial charge is 0.244 e.